The molecule has 0 saturated heterocycles. The van der Waals surface area contributed by atoms with Crippen LogP contribution in [0.25, 0.3) is 0 Å². The van der Waals surface area contributed by atoms with E-state index in [4.69, 9.17) is 5.73 Å². The highest BCUT2D eigenvalue weighted by molar-refractivity contribution is 9.10. The molecule has 1 aromatic carbocycles. The monoisotopic (exact) mass is 257 g/mol. The molecule has 2 N–H and O–H groups in total. The van der Waals surface area contributed by atoms with E-state index in [1.54, 1.807) is 6.07 Å². The van der Waals surface area contributed by atoms with Crippen molar-refractivity contribution >= 4 is 15.9 Å². The second-order valence-electron chi connectivity index (χ2n) is 3.15. The second-order valence-corrected chi connectivity index (χ2v) is 4.00. The zero-order chi connectivity index (χ0) is 10.6. The summed E-state index contributed by atoms with van der Waals surface area (Å²) in [4.78, 5) is 0. The van der Waals surface area contributed by atoms with Crippen molar-refractivity contribution in [3.8, 4) is 0 Å². The van der Waals surface area contributed by atoms with Crippen LogP contribution in [0.4, 0.5) is 4.39 Å². The molecule has 0 unspecified atom stereocenters. The molecule has 0 aliphatic carbocycles. The van der Waals surface area contributed by atoms with Crippen LogP contribution in [0.1, 0.15) is 24.4 Å². The average Bonchev–Trinajstić information content (AvgIpc) is 2.18. The normalized spacial score (nSPS) is 12.5. The van der Waals surface area contributed by atoms with Crippen molar-refractivity contribution < 1.29 is 4.39 Å². The standard InChI is InChI=1S/C11H13BrFN/c1-2-3-4-11(14)8-5-6-9(12)10(13)7-8/h2,5-7,11H,1,3-4,14H2/t11-/m1/s1. The Hall–Kier alpha value is -0.670. The SMILES string of the molecule is C=CCC[C@@H](N)c1ccc(Br)c(F)c1. The van der Waals surface area contributed by atoms with E-state index in [2.05, 4.69) is 22.5 Å². The van der Waals surface area contributed by atoms with Crippen LogP contribution in [0.2, 0.25) is 0 Å². The highest BCUT2D eigenvalue weighted by Gasteiger charge is 2.07. The maximum atomic E-state index is 13.1. The number of hydrogen-bond acceptors (Lipinski definition) is 1. The third-order valence-corrected chi connectivity index (χ3v) is 2.70. The fourth-order valence-corrected chi connectivity index (χ4v) is 1.45. The molecule has 0 amide bonds. The molecule has 3 heteroatoms. The van der Waals surface area contributed by atoms with Gasteiger partial charge in [0.15, 0.2) is 0 Å². The first kappa shape index (κ1) is 11.4. The summed E-state index contributed by atoms with van der Waals surface area (Å²) in [5, 5.41) is 0. The van der Waals surface area contributed by atoms with E-state index >= 15 is 0 Å². The van der Waals surface area contributed by atoms with Gasteiger partial charge in [-0.1, -0.05) is 12.1 Å². The van der Waals surface area contributed by atoms with Crippen molar-refractivity contribution in [1.29, 1.82) is 0 Å². The molecule has 1 nitrogen and oxygen atoms in total. The highest BCUT2D eigenvalue weighted by atomic mass is 79.9. The van der Waals surface area contributed by atoms with Gasteiger partial charge in [0.25, 0.3) is 0 Å². The van der Waals surface area contributed by atoms with Crippen LogP contribution >= 0.6 is 15.9 Å². The Bertz CT molecular complexity index is 325. The molecule has 0 spiro atoms. The summed E-state index contributed by atoms with van der Waals surface area (Å²) in [5.74, 6) is -0.267. The minimum atomic E-state index is -0.267. The van der Waals surface area contributed by atoms with Crippen LogP contribution in [-0.2, 0) is 0 Å². The number of allylic oxidation sites excluding steroid dienone is 1. The van der Waals surface area contributed by atoms with Gasteiger partial charge in [-0.3, -0.25) is 0 Å². The molecule has 0 bridgehead atoms. The molecule has 0 radical (unpaired) electrons. The molecule has 0 heterocycles. The van der Waals surface area contributed by atoms with Gasteiger partial charge in [-0.05, 0) is 46.5 Å². The van der Waals surface area contributed by atoms with Crippen molar-refractivity contribution in [3.63, 3.8) is 0 Å². The van der Waals surface area contributed by atoms with Crippen LogP contribution in [0, 0.1) is 5.82 Å². The lowest BCUT2D eigenvalue weighted by Crippen LogP contribution is -2.09. The molecule has 0 aliphatic heterocycles. The van der Waals surface area contributed by atoms with Crippen LogP contribution in [0.15, 0.2) is 35.3 Å². The van der Waals surface area contributed by atoms with Crippen LogP contribution in [0.5, 0.6) is 0 Å². The molecular formula is C11H13BrFN. The van der Waals surface area contributed by atoms with Crippen LogP contribution in [-0.4, -0.2) is 0 Å². The minimum Gasteiger partial charge on any atom is -0.324 e. The van der Waals surface area contributed by atoms with Gasteiger partial charge in [-0.2, -0.15) is 0 Å². The topological polar surface area (TPSA) is 26.0 Å². The Morgan fingerprint density at radius 3 is 2.86 bits per heavy atom. The molecule has 0 saturated carbocycles. The van der Waals surface area contributed by atoms with Gasteiger partial charge in [0.1, 0.15) is 5.82 Å². The summed E-state index contributed by atoms with van der Waals surface area (Å²) in [6.07, 6.45) is 3.46. The van der Waals surface area contributed by atoms with Gasteiger partial charge in [0, 0.05) is 6.04 Å². The first-order chi connectivity index (χ1) is 6.65. The smallest absolute Gasteiger partial charge is 0.137 e. The second kappa shape index (κ2) is 5.27. The quantitative estimate of drug-likeness (QED) is 0.821. The Labute approximate surface area is 91.9 Å². The van der Waals surface area contributed by atoms with Gasteiger partial charge in [0.2, 0.25) is 0 Å². The van der Waals surface area contributed by atoms with E-state index in [-0.39, 0.29) is 11.9 Å². The first-order valence-corrected chi connectivity index (χ1v) is 5.26. The molecule has 1 aromatic rings. The fourth-order valence-electron chi connectivity index (χ4n) is 1.21. The summed E-state index contributed by atoms with van der Waals surface area (Å²) in [6.45, 7) is 3.62. The molecular weight excluding hydrogens is 245 g/mol. The first-order valence-electron chi connectivity index (χ1n) is 4.46. The average molecular weight is 258 g/mol. The van der Waals surface area contributed by atoms with Gasteiger partial charge in [-0.15, -0.1) is 6.58 Å². The molecule has 1 atom stereocenters. The predicted octanol–water partition coefficient (Wildman–Crippen LogP) is 3.55. The Morgan fingerprint density at radius 2 is 2.29 bits per heavy atom. The van der Waals surface area contributed by atoms with E-state index in [1.165, 1.54) is 6.07 Å². The van der Waals surface area contributed by atoms with Crippen molar-refractivity contribution in [2.45, 2.75) is 18.9 Å². The van der Waals surface area contributed by atoms with Gasteiger partial charge in [0.05, 0.1) is 4.47 Å². The third-order valence-electron chi connectivity index (χ3n) is 2.05. The summed E-state index contributed by atoms with van der Waals surface area (Å²) >= 11 is 3.10. The Balaban J connectivity index is 2.75. The van der Waals surface area contributed by atoms with Crippen molar-refractivity contribution in [3.05, 3.63) is 46.7 Å². The van der Waals surface area contributed by atoms with Crippen molar-refractivity contribution in [2.75, 3.05) is 0 Å². The molecule has 0 aromatic heterocycles. The van der Waals surface area contributed by atoms with Crippen molar-refractivity contribution in [2.24, 2.45) is 5.73 Å². The maximum Gasteiger partial charge on any atom is 0.137 e. The van der Waals surface area contributed by atoms with Crippen molar-refractivity contribution in [1.82, 2.24) is 0 Å². The van der Waals surface area contributed by atoms with E-state index in [9.17, 15) is 4.39 Å². The van der Waals surface area contributed by atoms with Gasteiger partial charge < -0.3 is 5.73 Å². The number of nitrogens with two attached hydrogens (primary N) is 1. The fraction of sp³-hybridized carbons (Fsp3) is 0.273. The van der Waals surface area contributed by atoms with E-state index < -0.39 is 0 Å². The number of benzene rings is 1. The molecule has 0 aliphatic rings. The lowest BCUT2D eigenvalue weighted by Gasteiger charge is -2.10. The lowest BCUT2D eigenvalue weighted by atomic mass is 10.0. The number of rotatable bonds is 4. The Morgan fingerprint density at radius 1 is 1.57 bits per heavy atom. The summed E-state index contributed by atoms with van der Waals surface area (Å²) in [6, 6.07) is 4.87. The summed E-state index contributed by atoms with van der Waals surface area (Å²) < 4.78 is 13.6. The van der Waals surface area contributed by atoms with Crippen LogP contribution < -0.4 is 5.73 Å². The van der Waals surface area contributed by atoms with Gasteiger partial charge in [-0.25, -0.2) is 4.39 Å². The molecule has 76 valence electrons. The predicted molar refractivity (Wildman–Crippen MR) is 60.5 cm³/mol. The van der Waals surface area contributed by atoms with Crippen LogP contribution in [0.3, 0.4) is 0 Å². The van der Waals surface area contributed by atoms with E-state index in [1.807, 2.05) is 12.1 Å². The zero-order valence-electron chi connectivity index (χ0n) is 7.84. The summed E-state index contributed by atoms with van der Waals surface area (Å²) in [5.41, 5.74) is 6.70. The Kier molecular flexibility index (Phi) is 4.29. The molecule has 0 fully saturated rings. The molecule has 1 rings (SSSR count). The number of halogens is 2. The van der Waals surface area contributed by atoms with E-state index in [0.717, 1.165) is 18.4 Å². The third kappa shape index (κ3) is 2.93. The highest BCUT2D eigenvalue weighted by Crippen LogP contribution is 2.21. The maximum absolute atomic E-state index is 13.1. The zero-order valence-corrected chi connectivity index (χ0v) is 9.43. The number of hydrogen-bond donors (Lipinski definition) is 1. The lowest BCUT2D eigenvalue weighted by molar-refractivity contribution is 0.606. The molecule has 14 heavy (non-hydrogen) atoms. The largest absolute Gasteiger partial charge is 0.324 e. The summed E-state index contributed by atoms with van der Waals surface area (Å²) in [7, 11) is 0. The minimum absolute atomic E-state index is 0.115. The van der Waals surface area contributed by atoms with E-state index in [0.29, 0.717) is 4.47 Å². The van der Waals surface area contributed by atoms with Gasteiger partial charge >= 0.3 is 0 Å².